The summed E-state index contributed by atoms with van der Waals surface area (Å²) in [7, 11) is 1.56. The average Bonchev–Trinajstić information content (AvgIpc) is 3.13. The molecule has 1 amide bonds. The van der Waals surface area contributed by atoms with Crippen molar-refractivity contribution < 1.29 is 9.53 Å². The molecule has 1 heterocycles. The summed E-state index contributed by atoms with van der Waals surface area (Å²) in [6, 6.07) is 5.44. The van der Waals surface area contributed by atoms with Gasteiger partial charge in [0.05, 0.1) is 18.6 Å². The summed E-state index contributed by atoms with van der Waals surface area (Å²) in [6.07, 6.45) is 6.36. The first kappa shape index (κ1) is 17.7. The minimum absolute atomic E-state index is 0.0776. The van der Waals surface area contributed by atoms with Crippen LogP contribution in [0, 0.1) is 0 Å². The fourth-order valence-electron chi connectivity index (χ4n) is 2.58. The van der Waals surface area contributed by atoms with Crippen LogP contribution in [0.4, 0.5) is 5.69 Å². The van der Waals surface area contributed by atoms with Gasteiger partial charge in [-0.2, -0.15) is 0 Å². The number of nitrogens with zero attached hydrogens (tertiary/aromatic N) is 1. The van der Waals surface area contributed by atoms with E-state index in [9.17, 15) is 4.79 Å². The number of nitrogens with one attached hydrogen (secondary N) is 1. The van der Waals surface area contributed by atoms with E-state index in [0.29, 0.717) is 23.6 Å². The molecule has 1 aliphatic heterocycles. The summed E-state index contributed by atoms with van der Waals surface area (Å²) in [5, 5.41) is 2.82. The molecule has 6 heteroatoms. The van der Waals surface area contributed by atoms with Crippen molar-refractivity contribution in [1.29, 1.82) is 0 Å². The SMILES string of the molecule is CCC(=O)Nc1cc(/C(N)=C/C=C(\N)N2CCCC2)ccc1OC. The molecular formula is C18H26N4O2. The molecule has 0 aromatic heterocycles. The second kappa shape index (κ2) is 8.29. The standard InChI is InChI=1S/C18H26N4O2/c1-3-18(23)21-15-12-13(6-8-16(15)24-2)14(19)7-9-17(20)22-10-4-5-11-22/h6-9,12H,3-5,10-11,19-20H2,1-2H3,(H,21,23)/b14-7-,17-9+. The highest BCUT2D eigenvalue weighted by molar-refractivity contribution is 5.92. The summed E-state index contributed by atoms with van der Waals surface area (Å²) >= 11 is 0. The number of rotatable bonds is 6. The normalized spacial score (nSPS) is 15.5. The number of nitrogens with two attached hydrogens (primary N) is 2. The molecule has 0 aliphatic carbocycles. The molecule has 0 saturated carbocycles. The minimum atomic E-state index is -0.0776. The quantitative estimate of drug-likeness (QED) is 0.696. The Bertz CT molecular complexity index is 646. The van der Waals surface area contributed by atoms with Crippen LogP contribution >= 0.6 is 0 Å². The van der Waals surface area contributed by atoms with E-state index < -0.39 is 0 Å². The van der Waals surface area contributed by atoms with Crippen LogP contribution in [0.25, 0.3) is 5.70 Å². The molecule has 1 aromatic carbocycles. The molecule has 130 valence electrons. The molecule has 1 aliphatic rings. The monoisotopic (exact) mass is 330 g/mol. The molecule has 0 bridgehead atoms. The average molecular weight is 330 g/mol. The largest absolute Gasteiger partial charge is 0.495 e. The van der Waals surface area contributed by atoms with E-state index in [4.69, 9.17) is 16.2 Å². The molecule has 0 spiro atoms. The number of amides is 1. The number of allylic oxidation sites excluding steroid dienone is 2. The summed E-state index contributed by atoms with van der Waals surface area (Å²) < 4.78 is 5.28. The van der Waals surface area contributed by atoms with E-state index in [1.165, 1.54) is 12.8 Å². The van der Waals surface area contributed by atoms with Crippen molar-refractivity contribution in [2.45, 2.75) is 26.2 Å². The van der Waals surface area contributed by atoms with Gasteiger partial charge in [-0.25, -0.2) is 0 Å². The number of anilines is 1. The molecule has 24 heavy (non-hydrogen) atoms. The van der Waals surface area contributed by atoms with Gasteiger partial charge in [-0.05, 0) is 48.8 Å². The highest BCUT2D eigenvalue weighted by Gasteiger charge is 2.12. The zero-order valence-corrected chi connectivity index (χ0v) is 14.3. The lowest BCUT2D eigenvalue weighted by atomic mass is 10.1. The molecule has 0 unspecified atom stereocenters. The Hall–Kier alpha value is -2.63. The third-order valence-corrected chi connectivity index (χ3v) is 4.03. The van der Waals surface area contributed by atoms with Crippen LogP contribution < -0.4 is 21.5 Å². The fourth-order valence-corrected chi connectivity index (χ4v) is 2.58. The summed E-state index contributed by atoms with van der Waals surface area (Å²) in [4.78, 5) is 13.8. The number of ether oxygens (including phenoxy) is 1. The van der Waals surface area contributed by atoms with E-state index in [1.54, 1.807) is 32.2 Å². The number of benzene rings is 1. The van der Waals surface area contributed by atoms with Crippen LogP contribution in [0.15, 0.2) is 36.2 Å². The van der Waals surface area contributed by atoms with Crippen molar-refractivity contribution >= 4 is 17.3 Å². The molecule has 2 rings (SSSR count). The van der Waals surface area contributed by atoms with Crippen LogP contribution in [0.5, 0.6) is 5.75 Å². The Morgan fingerprint density at radius 3 is 2.62 bits per heavy atom. The van der Waals surface area contributed by atoms with Crippen molar-refractivity contribution in [3.8, 4) is 5.75 Å². The van der Waals surface area contributed by atoms with Crippen LogP contribution in [0.1, 0.15) is 31.7 Å². The third kappa shape index (κ3) is 4.44. The van der Waals surface area contributed by atoms with Crippen molar-refractivity contribution in [3.05, 3.63) is 41.7 Å². The van der Waals surface area contributed by atoms with Gasteiger partial charge in [0.25, 0.3) is 0 Å². The van der Waals surface area contributed by atoms with E-state index in [1.807, 2.05) is 12.1 Å². The lowest BCUT2D eigenvalue weighted by Crippen LogP contribution is -2.24. The number of likely N-dealkylation sites (tertiary alicyclic amines) is 1. The van der Waals surface area contributed by atoms with Crippen LogP contribution in [-0.4, -0.2) is 31.0 Å². The highest BCUT2D eigenvalue weighted by Crippen LogP contribution is 2.27. The summed E-state index contributed by atoms with van der Waals surface area (Å²) in [5.74, 6) is 1.25. The predicted molar refractivity (Wildman–Crippen MR) is 97.2 cm³/mol. The molecular weight excluding hydrogens is 304 g/mol. The van der Waals surface area contributed by atoms with E-state index in [0.717, 1.165) is 24.5 Å². The Morgan fingerprint density at radius 1 is 1.29 bits per heavy atom. The van der Waals surface area contributed by atoms with E-state index >= 15 is 0 Å². The zero-order valence-electron chi connectivity index (χ0n) is 14.3. The molecule has 0 atom stereocenters. The van der Waals surface area contributed by atoms with Gasteiger partial charge in [0.1, 0.15) is 5.75 Å². The third-order valence-electron chi connectivity index (χ3n) is 4.03. The Labute approximate surface area is 143 Å². The number of hydrogen-bond donors (Lipinski definition) is 3. The molecule has 6 nitrogen and oxygen atoms in total. The maximum Gasteiger partial charge on any atom is 0.224 e. The molecule has 1 fully saturated rings. The van der Waals surface area contributed by atoms with Gasteiger partial charge in [0.2, 0.25) is 5.91 Å². The first-order valence-electron chi connectivity index (χ1n) is 8.21. The second-order valence-corrected chi connectivity index (χ2v) is 5.72. The zero-order chi connectivity index (χ0) is 17.5. The Balaban J connectivity index is 2.20. The van der Waals surface area contributed by atoms with Gasteiger partial charge < -0.3 is 26.4 Å². The first-order valence-corrected chi connectivity index (χ1v) is 8.21. The summed E-state index contributed by atoms with van der Waals surface area (Å²) in [6.45, 7) is 3.78. The van der Waals surface area contributed by atoms with Gasteiger partial charge in [0.15, 0.2) is 0 Å². The molecule has 1 aromatic rings. The number of carbonyl (C=O) groups excluding carboxylic acids is 1. The first-order chi connectivity index (χ1) is 11.5. The molecule has 1 saturated heterocycles. The Morgan fingerprint density at radius 2 is 2.00 bits per heavy atom. The van der Waals surface area contributed by atoms with Crippen molar-refractivity contribution in [1.82, 2.24) is 4.90 Å². The van der Waals surface area contributed by atoms with Crippen molar-refractivity contribution in [3.63, 3.8) is 0 Å². The molecule has 0 radical (unpaired) electrons. The summed E-state index contributed by atoms with van der Waals surface area (Å²) in [5.41, 5.74) is 14.2. The van der Waals surface area contributed by atoms with Gasteiger partial charge in [-0.15, -0.1) is 0 Å². The van der Waals surface area contributed by atoms with Crippen molar-refractivity contribution in [2.75, 3.05) is 25.5 Å². The highest BCUT2D eigenvalue weighted by atomic mass is 16.5. The van der Waals surface area contributed by atoms with E-state index in [-0.39, 0.29) is 5.91 Å². The second-order valence-electron chi connectivity index (χ2n) is 5.72. The van der Waals surface area contributed by atoms with E-state index in [2.05, 4.69) is 10.2 Å². The van der Waals surface area contributed by atoms with Gasteiger partial charge in [-0.3, -0.25) is 4.79 Å². The minimum Gasteiger partial charge on any atom is -0.495 e. The van der Waals surface area contributed by atoms with Gasteiger partial charge >= 0.3 is 0 Å². The van der Waals surface area contributed by atoms with Crippen LogP contribution in [-0.2, 0) is 4.79 Å². The van der Waals surface area contributed by atoms with Crippen LogP contribution in [0.3, 0.4) is 0 Å². The van der Waals surface area contributed by atoms with Gasteiger partial charge in [-0.1, -0.05) is 6.92 Å². The van der Waals surface area contributed by atoms with Crippen molar-refractivity contribution in [2.24, 2.45) is 11.5 Å². The Kier molecular flexibility index (Phi) is 6.12. The number of methoxy groups -OCH3 is 1. The fraction of sp³-hybridized carbons (Fsp3) is 0.389. The smallest absolute Gasteiger partial charge is 0.224 e. The molecule has 5 N–H and O–H groups in total. The maximum absolute atomic E-state index is 11.6. The number of hydrogen-bond acceptors (Lipinski definition) is 5. The lowest BCUT2D eigenvalue weighted by Gasteiger charge is -2.16. The topological polar surface area (TPSA) is 93.6 Å². The van der Waals surface area contributed by atoms with Gasteiger partial charge in [0, 0.05) is 25.2 Å². The maximum atomic E-state index is 11.6. The lowest BCUT2D eigenvalue weighted by molar-refractivity contribution is -0.115. The number of carbonyl (C=O) groups is 1. The predicted octanol–water partition coefficient (Wildman–Crippen LogP) is 2.24. The van der Waals surface area contributed by atoms with Crippen LogP contribution in [0.2, 0.25) is 0 Å².